The first-order chi connectivity index (χ1) is 15.5. The van der Waals surface area contributed by atoms with Crippen LogP contribution in [0.25, 0.3) is 10.9 Å². The molecule has 3 heterocycles. The molecule has 0 atom stereocenters. The number of pyridine rings is 1. The highest BCUT2D eigenvalue weighted by Crippen LogP contribution is 2.19. The molecule has 0 radical (unpaired) electrons. The van der Waals surface area contributed by atoms with Crippen LogP contribution in [0.1, 0.15) is 35.8 Å². The van der Waals surface area contributed by atoms with Crippen molar-refractivity contribution in [2.24, 2.45) is 0 Å². The molecule has 1 saturated heterocycles. The quantitative estimate of drug-likeness (QED) is 0.638. The number of aromatic amines is 1. The van der Waals surface area contributed by atoms with Gasteiger partial charge in [-0.15, -0.1) is 0 Å². The average molecular weight is 436 g/mol. The average Bonchev–Trinajstić information content (AvgIpc) is 2.82. The summed E-state index contributed by atoms with van der Waals surface area (Å²) in [5, 5.41) is 0.409. The fourth-order valence-corrected chi connectivity index (χ4v) is 4.39. The maximum absolute atomic E-state index is 13.1. The van der Waals surface area contributed by atoms with Gasteiger partial charge in [0.15, 0.2) is 0 Å². The third-order valence-corrected chi connectivity index (χ3v) is 6.38. The monoisotopic (exact) mass is 435 g/mol. The zero-order valence-corrected chi connectivity index (χ0v) is 18.6. The van der Waals surface area contributed by atoms with Crippen LogP contribution in [-0.2, 0) is 13.0 Å². The van der Waals surface area contributed by atoms with E-state index in [9.17, 15) is 14.4 Å². The molecule has 0 unspecified atom stereocenters. The van der Waals surface area contributed by atoms with E-state index in [4.69, 9.17) is 0 Å². The Kier molecular flexibility index (Phi) is 6.50. The SMILES string of the molecule is CCn1c(=O)[nH]c2cc(C(=O)N(C)C3CCN(CCc4ccccn4)CC3)ccc2c1=O. The van der Waals surface area contributed by atoms with Gasteiger partial charge in [0.05, 0.1) is 10.9 Å². The van der Waals surface area contributed by atoms with Crippen molar-refractivity contribution in [2.45, 2.75) is 38.8 Å². The molecule has 1 aliphatic rings. The van der Waals surface area contributed by atoms with Gasteiger partial charge in [0.2, 0.25) is 0 Å². The number of nitrogens with zero attached hydrogens (tertiary/aromatic N) is 4. The number of carbonyl (C=O) groups excluding carboxylic acids is 1. The van der Waals surface area contributed by atoms with E-state index in [1.807, 2.05) is 31.4 Å². The summed E-state index contributed by atoms with van der Waals surface area (Å²) in [5.74, 6) is -0.0978. The van der Waals surface area contributed by atoms with Crippen molar-refractivity contribution in [3.8, 4) is 0 Å². The maximum Gasteiger partial charge on any atom is 0.328 e. The molecule has 32 heavy (non-hydrogen) atoms. The van der Waals surface area contributed by atoms with E-state index in [0.717, 1.165) is 49.2 Å². The molecule has 0 saturated carbocycles. The van der Waals surface area contributed by atoms with Crippen molar-refractivity contribution >= 4 is 16.8 Å². The lowest BCUT2D eigenvalue weighted by Crippen LogP contribution is -2.46. The van der Waals surface area contributed by atoms with Crippen LogP contribution in [0.3, 0.4) is 0 Å². The minimum Gasteiger partial charge on any atom is -0.339 e. The molecule has 8 nitrogen and oxygen atoms in total. The van der Waals surface area contributed by atoms with E-state index in [1.165, 1.54) is 0 Å². The van der Waals surface area contributed by atoms with Crippen molar-refractivity contribution in [1.82, 2.24) is 24.3 Å². The van der Waals surface area contributed by atoms with Crippen LogP contribution in [0, 0.1) is 0 Å². The molecule has 168 valence electrons. The van der Waals surface area contributed by atoms with Gasteiger partial charge in [0.1, 0.15) is 0 Å². The zero-order valence-electron chi connectivity index (χ0n) is 18.6. The number of carbonyl (C=O) groups is 1. The summed E-state index contributed by atoms with van der Waals surface area (Å²) < 4.78 is 1.15. The van der Waals surface area contributed by atoms with Crippen LogP contribution in [0.5, 0.6) is 0 Å². The molecule has 4 rings (SSSR count). The number of piperidine rings is 1. The first-order valence-corrected chi connectivity index (χ1v) is 11.1. The van der Waals surface area contributed by atoms with Crippen molar-refractivity contribution in [1.29, 1.82) is 0 Å². The van der Waals surface area contributed by atoms with E-state index in [-0.39, 0.29) is 17.5 Å². The van der Waals surface area contributed by atoms with Gasteiger partial charge in [-0.3, -0.25) is 19.1 Å². The first kappa shape index (κ1) is 22.0. The minimum absolute atomic E-state index is 0.0978. The Morgan fingerprint density at radius 1 is 1.19 bits per heavy atom. The Hall–Kier alpha value is -3.26. The fraction of sp³-hybridized carbons (Fsp3) is 0.417. The molecule has 0 aliphatic carbocycles. The third kappa shape index (κ3) is 4.50. The first-order valence-electron chi connectivity index (χ1n) is 11.1. The molecule has 2 aromatic heterocycles. The lowest BCUT2D eigenvalue weighted by atomic mass is 10.0. The summed E-state index contributed by atoms with van der Waals surface area (Å²) in [5.41, 5.74) is 1.18. The predicted molar refractivity (Wildman–Crippen MR) is 124 cm³/mol. The standard InChI is InChI=1S/C24H29N5O3/c1-3-29-23(31)20-8-7-17(16-21(20)26-24(29)32)22(30)27(2)19-10-14-28(15-11-19)13-9-18-6-4-5-12-25-18/h4-8,12,16,19H,3,9-11,13-15H2,1-2H3,(H,26,32). The number of fused-ring (bicyclic) bond motifs is 1. The molecule has 1 aromatic carbocycles. The number of amides is 1. The number of hydrogen-bond acceptors (Lipinski definition) is 5. The fourth-order valence-electron chi connectivity index (χ4n) is 4.39. The lowest BCUT2D eigenvalue weighted by molar-refractivity contribution is 0.0643. The molecule has 1 N–H and O–H groups in total. The Morgan fingerprint density at radius 2 is 1.97 bits per heavy atom. The molecule has 0 spiro atoms. The smallest absolute Gasteiger partial charge is 0.328 e. The largest absolute Gasteiger partial charge is 0.339 e. The number of aromatic nitrogens is 3. The van der Waals surface area contributed by atoms with Crippen molar-refractivity contribution in [3.63, 3.8) is 0 Å². The van der Waals surface area contributed by atoms with E-state index >= 15 is 0 Å². The van der Waals surface area contributed by atoms with Crippen molar-refractivity contribution in [3.05, 3.63) is 74.7 Å². The lowest BCUT2D eigenvalue weighted by Gasteiger charge is -2.36. The number of nitrogens with one attached hydrogen (secondary N) is 1. The number of hydrogen-bond donors (Lipinski definition) is 1. The Labute approximate surface area is 186 Å². The maximum atomic E-state index is 13.1. The number of likely N-dealkylation sites (tertiary alicyclic amines) is 1. The third-order valence-electron chi connectivity index (χ3n) is 6.38. The van der Waals surface area contributed by atoms with E-state index in [1.54, 1.807) is 30.0 Å². The summed E-state index contributed by atoms with van der Waals surface area (Å²) in [4.78, 5) is 49.0. The van der Waals surface area contributed by atoms with Gasteiger partial charge in [0, 0.05) is 63.1 Å². The van der Waals surface area contributed by atoms with Crippen LogP contribution in [0.15, 0.2) is 52.2 Å². The summed E-state index contributed by atoms with van der Waals surface area (Å²) in [6.45, 7) is 4.90. The summed E-state index contributed by atoms with van der Waals surface area (Å²) >= 11 is 0. The van der Waals surface area contributed by atoms with Gasteiger partial charge in [0.25, 0.3) is 11.5 Å². The Balaban J connectivity index is 1.40. The van der Waals surface area contributed by atoms with Gasteiger partial charge >= 0.3 is 5.69 Å². The number of benzene rings is 1. The highest BCUT2D eigenvalue weighted by Gasteiger charge is 2.26. The highest BCUT2D eigenvalue weighted by molar-refractivity contribution is 5.97. The number of rotatable bonds is 6. The molecule has 3 aromatic rings. The summed E-state index contributed by atoms with van der Waals surface area (Å²) in [6.07, 6.45) is 4.57. The van der Waals surface area contributed by atoms with Crippen LogP contribution >= 0.6 is 0 Å². The molecule has 0 bridgehead atoms. The van der Waals surface area contributed by atoms with Crippen LogP contribution in [0.4, 0.5) is 0 Å². The predicted octanol–water partition coefficient (Wildman–Crippen LogP) is 1.88. The van der Waals surface area contributed by atoms with Crippen LogP contribution < -0.4 is 11.2 Å². The van der Waals surface area contributed by atoms with Crippen LogP contribution in [-0.4, -0.2) is 63.0 Å². The molecule has 1 fully saturated rings. The van der Waals surface area contributed by atoms with Crippen molar-refractivity contribution in [2.75, 3.05) is 26.7 Å². The van der Waals surface area contributed by atoms with Crippen LogP contribution in [0.2, 0.25) is 0 Å². The van der Waals surface area contributed by atoms with Gasteiger partial charge in [-0.1, -0.05) is 6.07 Å². The van der Waals surface area contributed by atoms with Gasteiger partial charge in [-0.2, -0.15) is 0 Å². The highest BCUT2D eigenvalue weighted by atomic mass is 16.2. The van der Waals surface area contributed by atoms with Gasteiger partial charge < -0.3 is 14.8 Å². The summed E-state index contributed by atoms with van der Waals surface area (Å²) in [6, 6.07) is 11.1. The molecular formula is C24H29N5O3. The minimum atomic E-state index is -0.457. The van der Waals surface area contributed by atoms with Gasteiger partial charge in [-0.25, -0.2) is 4.79 Å². The Morgan fingerprint density at radius 3 is 2.66 bits per heavy atom. The second-order valence-corrected chi connectivity index (χ2v) is 8.30. The molecule has 1 aliphatic heterocycles. The van der Waals surface area contributed by atoms with E-state index < -0.39 is 5.69 Å². The molecular weight excluding hydrogens is 406 g/mol. The van der Waals surface area contributed by atoms with Crippen molar-refractivity contribution < 1.29 is 4.79 Å². The Bertz CT molecular complexity index is 1210. The number of H-pyrrole nitrogens is 1. The molecule has 8 heteroatoms. The molecule has 1 amide bonds. The normalized spacial score (nSPS) is 15.2. The zero-order chi connectivity index (χ0) is 22.7. The van der Waals surface area contributed by atoms with E-state index in [2.05, 4.69) is 14.9 Å². The topological polar surface area (TPSA) is 91.3 Å². The van der Waals surface area contributed by atoms with Gasteiger partial charge in [-0.05, 0) is 50.1 Å². The second kappa shape index (κ2) is 9.48. The van der Waals surface area contributed by atoms with E-state index in [0.29, 0.717) is 23.0 Å². The summed E-state index contributed by atoms with van der Waals surface area (Å²) in [7, 11) is 1.83. The second-order valence-electron chi connectivity index (χ2n) is 8.30.